The number of nitrogens with one attached hydrogen (secondary N) is 1. The molecule has 0 radical (unpaired) electrons. The first kappa shape index (κ1) is 16.5. The summed E-state index contributed by atoms with van der Waals surface area (Å²) in [5.74, 6) is -0.752. The van der Waals surface area contributed by atoms with Crippen LogP contribution >= 0.6 is 11.6 Å². The van der Waals surface area contributed by atoms with Gasteiger partial charge in [0, 0.05) is 18.1 Å². The van der Waals surface area contributed by atoms with Gasteiger partial charge in [-0.3, -0.25) is 9.59 Å². The molecule has 0 aromatic heterocycles. The minimum Gasteiger partial charge on any atom is -0.352 e. The molecule has 124 valence electrons. The fourth-order valence-corrected chi connectivity index (χ4v) is 3.02. The van der Waals surface area contributed by atoms with E-state index in [1.165, 1.54) is 12.1 Å². The molecule has 2 aromatic rings. The molecule has 1 unspecified atom stereocenters. The van der Waals surface area contributed by atoms with Crippen LogP contribution in [0.15, 0.2) is 48.5 Å². The number of hydrogen-bond acceptors (Lipinski definition) is 2. The lowest BCUT2D eigenvalue weighted by molar-refractivity contribution is -0.143. The lowest BCUT2D eigenvalue weighted by Gasteiger charge is -2.35. The Morgan fingerprint density at radius 2 is 2.00 bits per heavy atom. The summed E-state index contributed by atoms with van der Waals surface area (Å²) in [5, 5.41) is 3.29. The highest BCUT2D eigenvalue weighted by molar-refractivity contribution is 6.30. The SMILES string of the molecule is O=C1NCCN(C(=O)Cc2ccc(F)cc2)C1c1cccc(Cl)c1. The second-order valence-electron chi connectivity index (χ2n) is 5.64. The number of halogens is 2. The smallest absolute Gasteiger partial charge is 0.247 e. The molecule has 24 heavy (non-hydrogen) atoms. The predicted molar refractivity (Wildman–Crippen MR) is 89.0 cm³/mol. The molecule has 0 bridgehead atoms. The molecule has 6 heteroatoms. The Morgan fingerprint density at radius 1 is 1.25 bits per heavy atom. The number of rotatable bonds is 3. The van der Waals surface area contributed by atoms with Crippen molar-refractivity contribution in [2.24, 2.45) is 0 Å². The second-order valence-corrected chi connectivity index (χ2v) is 6.08. The first-order chi connectivity index (χ1) is 11.5. The summed E-state index contributed by atoms with van der Waals surface area (Å²) in [6.07, 6.45) is 0.116. The molecule has 2 amide bonds. The molecule has 1 aliphatic rings. The summed E-state index contributed by atoms with van der Waals surface area (Å²) in [7, 11) is 0. The Kier molecular flexibility index (Phi) is 4.81. The van der Waals surface area contributed by atoms with Gasteiger partial charge in [-0.15, -0.1) is 0 Å². The summed E-state index contributed by atoms with van der Waals surface area (Å²) in [5.41, 5.74) is 1.38. The van der Waals surface area contributed by atoms with Crippen molar-refractivity contribution in [2.75, 3.05) is 13.1 Å². The molecule has 0 saturated carbocycles. The van der Waals surface area contributed by atoms with Gasteiger partial charge in [-0.05, 0) is 35.4 Å². The number of amides is 2. The maximum absolute atomic E-state index is 13.0. The van der Waals surface area contributed by atoms with Crippen molar-refractivity contribution in [3.05, 3.63) is 70.5 Å². The van der Waals surface area contributed by atoms with Gasteiger partial charge in [0.25, 0.3) is 0 Å². The molecule has 0 aliphatic carbocycles. The van der Waals surface area contributed by atoms with E-state index in [9.17, 15) is 14.0 Å². The Morgan fingerprint density at radius 3 is 2.71 bits per heavy atom. The molecule has 1 saturated heterocycles. The van der Waals surface area contributed by atoms with Gasteiger partial charge in [0.05, 0.1) is 6.42 Å². The second kappa shape index (κ2) is 7.01. The van der Waals surface area contributed by atoms with E-state index in [0.29, 0.717) is 29.2 Å². The number of carbonyl (C=O) groups is 2. The minimum atomic E-state index is -0.703. The molecular weight excluding hydrogens is 331 g/mol. The molecule has 1 aliphatic heterocycles. The standard InChI is InChI=1S/C18H16ClFN2O2/c19-14-3-1-2-13(11-14)17-18(24)21-8-9-22(17)16(23)10-12-4-6-15(20)7-5-12/h1-7,11,17H,8-10H2,(H,21,24). The third-order valence-corrected chi connectivity index (χ3v) is 4.20. The topological polar surface area (TPSA) is 49.4 Å². The van der Waals surface area contributed by atoms with Crippen LogP contribution in [0.3, 0.4) is 0 Å². The van der Waals surface area contributed by atoms with Gasteiger partial charge in [-0.2, -0.15) is 0 Å². The van der Waals surface area contributed by atoms with E-state index in [1.54, 1.807) is 41.3 Å². The molecule has 1 atom stereocenters. The van der Waals surface area contributed by atoms with E-state index in [0.717, 1.165) is 0 Å². The van der Waals surface area contributed by atoms with Gasteiger partial charge in [0.1, 0.15) is 11.9 Å². The molecule has 3 rings (SSSR count). The average Bonchev–Trinajstić information content (AvgIpc) is 2.56. The van der Waals surface area contributed by atoms with Gasteiger partial charge in [0.2, 0.25) is 11.8 Å². The van der Waals surface area contributed by atoms with Crippen LogP contribution in [0.1, 0.15) is 17.2 Å². The van der Waals surface area contributed by atoms with Crippen molar-refractivity contribution in [1.82, 2.24) is 10.2 Å². The van der Waals surface area contributed by atoms with Crippen molar-refractivity contribution < 1.29 is 14.0 Å². The van der Waals surface area contributed by atoms with E-state index in [1.807, 2.05) is 0 Å². The summed E-state index contributed by atoms with van der Waals surface area (Å²) in [4.78, 5) is 26.6. The van der Waals surface area contributed by atoms with Crippen LogP contribution in [-0.4, -0.2) is 29.8 Å². The quantitative estimate of drug-likeness (QED) is 0.929. The van der Waals surface area contributed by atoms with E-state index in [2.05, 4.69) is 5.32 Å². The number of nitrogens with zero attached hydrogens (tertiary/aromatic N) is 1. The summed E-state index contributed by atoms with van der Waals surface area (Å²) in [6.45, 7) is 0.827. The normalized spacial score (nSPS) is 17.5. The first-order valence-electron chi connectivity index (χ1n) is 7.61. The molecule has 1 N–H and O–H groups in total. The number of hydrogen-bond donors (Lipinski definition) is 1. The zero-order chi connectivity index (χ0) is 17.1. The largest absolute Gasteiger partial charge is 0.352 e. The summed E-state index contributed by atoms with van der Waals surface area (Å²) in [6, 6.07) is 12.0. The molecule has 4 nitrogen and oxygen atoms in total. The monoisotopic (exact) mass is 346 g/mol. The van der Waals surface area contributed by atoms with Crippen LogP contribution in [0, 0.1) is 5.82 Å². The van der Waals surface area contributed by atoms with E-state index < -0.39 is 6.04 Å². The van der Waals surface area contributed by atoms with Crippen LogP contribution in [0.4, 0.5) is 4.39 Å². The summed E-state index contributed by atoms with van der Waals surface area (Å²) < 4.78 is 13.0. The zero-order valence-electron chi connectivity index (χ0n) is 12.8. The fourth-order valence-electron chi connectivity index (χ4n) is 2.82. The first-order valence-corrected chi connectivity index (χ1v) is 7.99. The highest BCUT2D eigenvalue weighted by Gasteiger charge is 2.34. The van der Waals surface area contributed by atoms with Crippen molar-refractivity contribution in [1.29, 1.82) is 0 Å². The lowest BCUT2D eigenvalue weighted by Crippen LogP contribution is -2.52. The Bertz CT molecular complexity index is 764. The van der Waals surface area contributed by atoms with Gasteiger partial charge in [-0.1, -0.05) is 35.9 Å². The zero-order valence-corrected chi connectivity index (χ0v) is 13.6. The third kappa shape index (κ3) is 3.57. The van der Waals surface area contributed by atoms with Crippen LogP contribution in [0.25, 0.3) is 0 Å². The molecule has 0 spiro atoms. The molecule has 1 fully saturated rings. The summed E-state index contributed by atoms with van der Waals surface area (Å²) >= 11 is 6.01. The van der Waals surface area contributed by atoms with Gasteiger partial charge >= 0.3 is 0 Å². The lowest BCUT2D eigenvalue weighted by atomic mass is 10.0. The maximum Gasteiger partial charge on any atom is 0.247 e. The van der Waals surface area contributed by atoms with E-state index in [-0.39, 0.29) is 24.1 Å². The predicted octanol–water partition coefficient (Wildman–Crippen LogP) is 2.72. The average molecular weight is 347 g/mol. The van der Waals surface area contributed by atoms with Crippen molar-refractivity contribution in [2.45, 2.75) is 12.5 Å². The van der Waals surface area contributed by atoms with Gasteiger partial charge in [0.15, 0.2) is 0 Å². The number of piperazine rings is 1. The van der Waals surface area contributed by atoms with Gasteiger partial charge < -0.3 is 10.2 Å². The number of carbonyl (C=O) groups excluding carboxylic acids is 2. The minimum absolute atomic E-state index is 0.116. The van der Waals surface area contributed by atoms with E-state index >= 15 is 0 Å². The van der Waals surface area contributed by atoms with Crippen molar-refractivity contribution in [3.63, 3.8) is 0 Å². The Hall–Kier alpha value is -2.40. The Labute approximate surface area is 144 Å². The highest BCUT2D eigenvalue weighted by atomic mass is 35.5. The Balaban J connectivity index is 1.84. The van der Waals surface area contributed by atoms with Crippen LogP contribution < -0.4 is 5.32 Å². The molecule has 1 heterocycles. The van der Waals surface area contributed by atoms with Crippen molar-refractivity contribution >= 4 is 23.4 Å². The number of benzene rings is 2. The van der Waals surface area contributed by atoms with Gasteiger partial charge in [-0.25, -0.2) is 4.39 Å². The van der Waals surface area contributed by atoms with Crippen molar-refractivity contribution in [3.8, 4) is 0 Å². The van der Waals surface area contributed by atoms with E-state index in [4.69, 9.17) is 11.6 Å². The van der Waals surface area contributed by atoms with Crippen LogP contribution in [0.2, 0.25) is 5.02 Å². The highest BCUT2D eigenvalue weighted by Crippen LogP contribution is 2.26. The fraction of sp³-hybridized carbons (Fsp3) is 0.222. The van der Waals surface area contributed by atoms with Crippen LogP contribution in [0.5, 0.6) is 0 Å². The molecule has 2 aromatic carbocycles. The maximum atomic E-state index is 13.0. The molecular formula is C18H16ClFN2O2. The van der Waals surface area contributed by atoms with Crippen LogP contribution in [-0.2, 0) is 16.0 Å². The third-order valence-electron chi connectivity index (χ3n) is 3.97.